The third-order valence-corrected chi connectivity index (χ3v) is 4.51. The Morgan fingerprint density at radius 2 is 2.00 bits per heavy atom. The predicted molar refractivity (Wildman–Crippen MR) is 99.8 cm³/mol. The summed E-state index contributed by atoms with van der Waals surface area (Å²) in [6, 6.07) is 7.90. The first-order valence-electron chi connectivity index (χ1n) is 7.39. The lowest BCUT2D eigenvalue weighted by atomic mass is 10.1. The first-order chi connectivity index (χ1) is 11.1. The number of benzene rings is 1. The zero-order valence-corrected chi connectivity index (χ0v) is 15.2. The molecule has 0 spiro atoms. The average molecular weight is 352 g/mol. The summed E-state index contributed by atoms with van der Waals surface area (Å²) in [5.41, 5.74) is 2.26. The van der Waals surface area contributed by atoms with Gasteiger partial charge in [0, 0.05) is 38.1 Å². The van der Waals surface area contributed by atoms with Crippen molar-refractivity contribution in [1.82, 2.24) is 15.6 Å². The highest BCUT2D eigenvalue weighted by atomic mass is 35.5. The van der Waals surface area contributed by atoms with Gasteiger partial charge in [0.15, 0.2) is 11.1 Å². The summed E-state index contributed by atoms with van der Waals surface area (Å²) >= 11 is 7.52. The Labute approximate surface area is 146 Å². The number of aliphatic imine (C=N–C) groups is 1. The summed E-state index contributed by atoms with van der Waals surface area (Å²) in [7, 11) is 5.75. The molecule has 0 atom stereocenters. The lowest BCUT2D eigenvalue weighted by molar-refractivity contribution is 0.786. The van der Waals surface area contributed by atoms with Crippen LogP contribution in [-0.4, -0.2) is 38.6 Å². The highest BCUT2D eigenvalue weighted by Crippen LogP contribution is 2.17. The van der Waals surface area contributed by atoms with Crippen molar-refractivity contribution in [2.75, 3.05) is 32.6 Å². The molecule has 1 aromatic heterocycles. The Kier molecular flexibility index (Phi) is 6.67. The molecule has 0 aliphatic heterocycles. The normalized spacial score (nSPS) is 11.4. The van der Waals surface area contributed by atoms with Gasteiger partial charge in [-0.3, -0.25) is 4.99 Å². The van der Waals surface area contributed by atoms with E-state index >= 15 is 0 Å². The molecule has 5 nitrogen and oxygen atoms in total. The van der Waals surface area contributed by atoms with Crippen molar-refractivity contribution in [2.24, 2.45) is 4.99 Å². The summed E-state index contributed by atoms with van der Waals surface area (Å²) in [5, 5.41) is 10.4. The summed E-state index contributed by atoms with van der Waals surface area (Å²) in [5.74, 6) is 0.776. The molecule has 23 heavy (non-hydrogen) atoms. The van der Waals surface area contributed by atoms with Gasteiger partial charge in [0.25, 0.3) is 0 Å². The number of hydrogen-bond donors (Lipinski definition) is 2. The summed E-state index contributed by atoms with van der Waals surface area (Å²) in [6.07, 6.45) is 0.916. The van der Waals surface area contributed by atoms with E-state index in [1.54, 1.807) is 18.4 Å². The Morgan fingerprint density at radius 3 is 2.61 bits per heavy atom. The minimum Gasteiger partial charge on any atom is -0.356 e. The largest absolute Gasteiger partial charge is 0.356 e. The van der Waals surface area contributed by atoms with Gasteiger partial charge in [-0.15, -0.1) is 11.3 Å². The lowest BCUT2D eigenvalue weighted by Crippen LogP contribution is -2.37. The highest BCUT2D eigenvalue weighted by molar-refractivity contribution is 7.13. The third kappa shape index (κ3) is 5.73. The topological polar surface area (TPSA) is 52.6 Å². The fourth-order valence-corrected chi connectivity index (χ4v) is 2.84. The molecule has 0 fully saturated rings. The number of anilines is 1. The molecule has 0 unspecified atom stereocenters. The first-order valence-corrected chi connectivity index (χ1v) is 8.65. The molecule has 2 aromatic rings. The summed E-state index contributed by atoms with van der Waals surface area (Å²) < 4.78 is 0. The second-order valence-corrected chi connectivity index (χ2v) is 6.52. The van der Waals surface area contributed by atoms with E-state index in [4.69, 9.17) is 11.6 Å². The van der Waals surface area contributed by atoms with E-state index in [1.807, 2.05) is 43.3 Å². The minimum atomic E-state index is 0.658. The van der Waals surface area contributed by atoms with Crippen molar-refractivity contribution in [2.45, 2.75) is 13.0 Å². The number of rotatable bonds is 6. The molecule has 0 aliphatic rings. The third-order valence-electron chi connectivity index (χ3n) is 3.20. The molecule has 0 aliphatic carbocycles. The van der Waals surface area contributed by atoms with Crippen LogP contribution in [0.5, 0.6) is 0 Å². The van der Waals surface area contributed by atoms with Crippen LogP contribution in [0.2, 0.25) is 5.02 Å². The van der Waals surface area contributed by atoms with Gasteiger partial charge < -0.3 is 15.5 Å². The first kappa shape index (κ1) is 17.6. The van der Waals surface area contributed by atoms with Crippen LogP contribution in [0.3, 0.4) is 0 Å². The van der Waals surface area contributed by atoms with Gasteiger partial charge >= 0.3 is 0 Å². The molecule has 0 bridgehead atoms. The Balaban J connectivity index is 1.75. The maximum absolute atomic E-state index is 5.89. The molecular formula is C16H22ClN5S. The smallest absolute Gasteiger partial charge is 0.191 e. The zero-order valence-electron chi connectivity index (χ0n) is 13.6. The molecule has 0 radical (unpaired) electrons. The van der Waals surface area contributed by atoms with Gasteiger partial charge in [0.2, 0.25) is 0 Å². The quantitative estimate of drug-likeness (QED) is 0.620. The number of nitrogens with one attached hydrogen (secondary N) is 2. The number of halogens is 1. The van der Waals surface area contributed by atoms with E-state index in [2.05, 4.69) is 26.0 Å². The molecule has 0 saturated carbocycles. The van der Waals surface area contributed by atoms with Gasteiger partial charge in [0.1, 0.15) is 0 Å². The maximum Gasteiger partial charge on any atom is 0.191 e. The fourth-order valence-electron chi connectivity index (χ4n) is 1.95. The van der Waals surface area contributed by atoms with Crippen molar-refractivity contribution >= 4 is 34.0 Å². The second-order valence-electron chi connectivity index (χ2n) is 5.24. The Hall–Kier alpha value is -1.79. The van der Waals surface area contributed by atoms with Crippen LogP contribution in [-0.2, 0) is 13.0 Å². The monoisotopic (exact) mass is 351 g/mol. The minimum absolute atomic E-state index is 0.658. The van der Waals surface area contributed by atoms with Crippen LogP contribution in [0.4, 0.5) is 5.13 Å². The van der Waals surface area contributed by atoms with Crippen LogP contribution in [0.15, 0.2) is 34.6 Å². The summed E-state index contributed by atoms with van der Waals surface area (Å²) in [6.45, 7) is 1.46. The number of thiazole rings is 1. The number of nitrogens with zero attached hydrogens (tertiary/aromatic N) is 3. The van der Waals surface area contributed by atoms with Crippen LogP contribution < -0.4 is 15.5 Å². The molecule has 124 valence electrons. The molecule has 0 amide bonds. The van der Waals surface area contributed by atoms with E-state index in [1.165, 1.54) is 5.56 Å². The second kappa shape index (κ2) is 8.74. The Bertz CT molecular complexity index is 636. The van der Waals surface area contributed by atoms with Crippen molar-refractivity contribution < 1.29 is 0 Å². The van der Waals surface area contributed by atoms with Gasteiger partial charge in [-0.2, -0.15) is 0 Å². The van der Waals surface area contributed by atoms with Crippen molar-refractivity contribution in [1.29, 1.82) is 0 Å². The van der Waals surface area contributed by atoms with Gasteiger partial charge in [-0.1, -0.05) is 23.7 Å². The molecule has 1 aromatic carbocycles. The molecule has 2 N–H and O–H groups in total. The van der Waals surface area contributed by atoms with Crippen molar-refractivity contribution in [3.63, 3.8) is 0 Å². The standard InChI is InChI=1S/C16H22ClN5S/c1-18-15(19-9-8-12-4-6-13(17)7-5-12)20-10-14-11-23-16(21-14)22(2)3/h4-7,11H,8-10H2,1-3H3,(H2,18,19,20). The van der Waals surface area contributed by atoms with E-state index in [9.17, 15) is 0 Å². The number of guanidine groups is 1. The van der Waals surface area contributed by atoms with Crippen LogP contribution in [0, 0.1) is 0 Å². The molecule has 1 heterocycles. The average Bonchev–Trinajstić information content (AvgIpc) is 3.01. The predicted octanol–water partition coefficient (Wildman–Crippen LogP) is 2.77. The van der Waals surface area contributed by atoms with E-state index in [0.29, 0.717) is 6.54 Å². The molecule has 0 saturated heterocycles. The number of aromatic nitrogens is 1. The summed E-state index contributed by atoms with van der Waals surface area (Å²) in [4.78, 5) is 10.8. The SMILES string of the molecule is CN=C(NCCc1ccc(Cl)cc1)NCc1csc(N(C)C)n1. The zero-order chi connectivity index (χ0) is 16.7. The van der Waals surface area contributed by atoms with Crippen LogP contribution in [0.25, 0.3) is 0 Å². The van der Waals surface area contributed by atoms with E-state index in [-0.39, 0.29) is 0 Å². The fraction of sp³-hybridized carbons (Fsp3) is 0.375. The molecule has 7 heteroatoms. The number of hydrogen-bond acceptors (Lipinski definition) is 4. The molecule has 2 rings (SSSR count). The van der Waals surface area contributed by atoms with Crippen LogP contribution in [0.1, 0.15) is 11.3 Å². The van der Waals surface area contributed by atoms with Crippen molar-refractivity contribution in [3.05, 3.63) is 45.9 Å². The highest BCUT2D eigenvalue weighted by Gasteiger charge is 2.04. The van der Waals surface area contributed by atoms with E-state index in [0.717, 1.165) is 34.8 Å². The van der Waals surface area contributed by atoms with Gasteiger partial charge in [-0.05, 0) is 24.1 Å². The molecular weight excluding hydrogens is 330 g/mol. The maximum atomic E-state index is 5.89. The van der Waals surface area contributed by atoms with Crippen LogP contribution >= 0.6 is 22.9 Å². The van der Waals surface area contributed by atoms with E-state index < -0.39 is 0 Å². The van der Waals surface area contributed by atoms with Gasteiger partial charge in [0.05, 0.1) is 12.2 Å². The van der Waals surface area contributed by atoms with Gasteiger partial charge in [-0.25, -0.2) is 4.98 Å². The van der Waals surface area contributed by atoms with Crippen molar-refractivity contribution in [3.8, 4) is 0 Å². The lowest BCUT2D eigenvalue weighted by Gasteiger charge is -2.11. The Morgan fingerprint density at radius 1 is 1.26 bits per heavy atom.